The largest absolute Gasteiger partial charge is 0.351 e. The van der Waals surface area contributed by atoms with E-state index in [4.69, 9.17) is 0 Å². The van der Waals surface area contributed by atoms with Crippen molar-refractivity contribution in [2.75, 3.05) is 38.5 Å². The number of imidazole rings is 1. The van der Waals surface area contributed by atoms with Gasteiger partial charge in [0, 0.05) is 45.1 Å². The lowest BCUT2D eigenvalue weighted by atomic mass is 10.1. The van der Waals surface area contributed by atoms with Gasteiger partial charge in [-0.3, -0.25) is 19.1 Å². The van der Waals surface area contributed by atoms with Crippen LogP contribution >= 0.6 is 11.8 Å². The summed E-state index contributed by atoms with van der Waals surface area (Å²) in [6.07, 6.45) is 3.71. The summed E-state index contributed by atoms with van der Waals surface area (Å²) in [5, 5.41) is 3.78. The standard InChI is InChI=1S/C26H31N5O2S/c1-20-7-6-10-23(21(20)2)31-12-11-27-26(31)34-19-25(33)30-15-13-29(14-16-30)18-24(32)28-17-22-8-4-3-5-9-22/h3-12H,13-19H2,1-2H3,(H,28,32). The number of nitrogens with one attached hydrogen (secondary N) is 1. The van der Waals surface area contributed by atoms with E-state index in [2.05, 4.69) is 41.2 Å². The highest BCUT2D eigenvalue weighted by Crippen LogP contribution is 2.24. The summed E-state index contributed by atoms with van der Waals surface area (Å²) in [4.78, 5) is 33.6. The summed E-state index contributed by atoms with van der Waals surface area (Å²) in [7, 11) is 0. The maximum absolute atomic E-state index is 12.8. The van der Waals surface area contributed by atoms with Crippen LogP contribution in [0, 0.1) is 13.8 Å². The lowest BCUT2D eigenvalue weighted by molar-refractivity contribution is -0.130. The number of hydrogen-bond acceptors (Lipinski definition) is 5. The van der Waals surface area contributed by atoms with Gasteiger partial charge in [-0.05, 0) is 36.6 Å². The first-order chi connectivity index (χ1) is 16.5. The maximum atomic E-state index is 12.8. The molecule has 0 spiro atoms. The van der Waals surface area contributed by atoms with Gasteiger partial charge < -0.3 is 10.2 Å². The minimum Gasteiger partial charge on any atom is -0.351 e. The predicted molar refractivity (Wildman–Crippen MR) is 135 cm³/mol. The highest BCUT2D eigenvalue weighted by Gasteiger charge is 2.23. The van der Waals surface area contributed by atoms with Crippen LogP contribution in [0.15, 0.2) is 66.1 Å². The topological polar surface area (TPSA) is 70.5 Å². The fourth-order valence-corrected chi connectivity index (χ4v) is 4.87. The molecule has 178 valence electrons. The highest BCUT2D eigenvalue weighted by atomic mass is 32.2. The molecule has 0 bridgehead atoms. The average Bonchev–Trinajstić information content (AvgIpc) is 3.32. The molecule has 3 aromatic rings. The lowest BCUT2D eigenvalue weighted by Gasteiger charge is -2.34. The number of rotatable bonds is 8. The van der Waals surface area contributed by atoms with Gasteiger partial charge >= 0.3 is 0 Å². The average molecular weight is 478 g/mol. The van der Waals surface area contributed by atoms with Gasteiger partial charge in [-0.25, -0.2) is 4.98 Å². The second-order valence-corrected chi connectivity index (χ2v) is 9.45. The molecule has 2 heterocycles. The van der Waals surface area contributed by atoms with Crippen molar-refractivity contribution in [3.05, 3.63) is 77.6 Å². The van der Waals surface area contributed by atoms with E-state index in [1.807, 2.05) is 52.1 Å². The van der Waals surface area contributed by atoms with Crippen LogP contribution in [0.5, 0.6) is 0 Å². The Balaban J connectivity index is 1.22. The van der Waals surface area contributed by atoms with Crippen molar-refractivity contribution in [1.29, 1.82) is 0 Å². The van der Waals surface area contributed by atoms with Crippen LogP contribution in [-0.4, -0.2) is 69.6 Å². The van der Waals surface area contributed by atoms with Gasteiger partial charge in [-0.2, -0.15) is 0 Å². The van der Waals surface area contributed by atoms with Crippen molar-refractivity contribution < 1.29 is 9.59 Å². The number of aromatic nitrogens is 2. The smallest absolute Gasteiger partial charge is 0.234 e. The number of carbonyl (C=O) groups excluding carboxylic acids is 2. The van der Waals surface area contributed by atoms with Gasteiger partial charge in [0.15, 0.2) is 5.16 Å². The van der Waals surface area contributed by atoms with Crippen LogP contribution in [0.25, 0.3) is 5.69 Å². The molecule has 2 aromatic carbocycles. The van der Waals surface area contributed by atoms with Crippen molar-refractivity contribution in [3.63, 3.8) is 0 Å². The molecule has 7 nitrogen and oxygen atoms in total. The van der Waals surface area contributed by atoms with Crippen molar-refractivity contribution in [3.8, 4) is 5.69 Å². The first-order valence-electron chi connectivity index (χ1n) is 11.5. The van der Waals surface area contributed by atoms with E-state index in [-0.39, 0.29) is 11.8 Å². The number of thioether (sulfide) groups is 1. The molecular formula is C26H31N5O2S. The Hall–Kier alpha value is -3.10. The Kier molecular flexibility index (Phi) is 8.03. The number of benzene rings is 2. The first kappa shape index (κ1) is 24.0. The Morgan fingerprint density at radius 2 is 1.76 bits per heavy atom. The van der Waals surface area contributed by atoms with Gasteiger partial charge in [-0.15, -0.1) is 0 Å². The number of nitrogens with zero attached hydrogens (tertiary/aromatic N) is 4. The van der Waals surface area contributed by atoms with Gasteiger partial charge in [0.1, 0.15) is 0 Å². The monoisotopic (exact) mass is 477 g/mol. The van der Waals surface area contributed by atoms with Crippen molar-refractivity contribution in [2.45, 2.75) is 25.5 Å². The zero-order valence-corrected chi connectivity index (χ0v) is 20.6. The molecule has 1 aromatic heterocycles. The van der Waals surface area contributed by atoms with E-state index in [0.717, 1.165) is 16.4 Å². The van der Waals surface area contributed by atoms with Crippen molar-refractivity contribution >= 4 is 23.6 Å². The molecule has 1 aliphatic rings. The molecule has 4 rings (SSSR count). The first-order valence-corrected chi connectivity index (χ1v) is 12.5. The summed E-state index contributed by atoms with van der Waals surface area (Å²) >= 11 is 1.46. The molecule has 0 saturated carbocycles. The molecule has 1 saturated heterocycles. The summed E-state index contributed by atoms with van der Waals surface area (Å²) < 4.78 is 2.05. The van der Waals surface area contributed by atoms with Crippen molar-refractivity contribution in [1.82, 2.24) is 24.7 Å². The number of carbonyl (C=O) groups is 2. The highest BCUT2D eigenvalue weighted by molar-refractivity contribution is 7.99. The van der Waals surface area contributed by atoms with E-state index in [9.17, 15) is 9.59 Å². The van der Waals surface area contributed by atoms with Crippen LogP contribution in [0.1, 0.15) is 16.7 Å². The van der Waals surface area contributed by atoms with Crippen LogP contribution in [0.2, 0.25) is 0 Å². The van der Waals surface area contributed by atoms with Crippen LogP contribution < -0.4 is 5.32 Å². The zero-order valence-electron chi connectivity index (χ0n) is 19.7. The van der Waals surface area contributed by atoms with Gasteiger partial charge in [0.25, 0.3) is 0 Å². The summed E-state index contributed by atoms with van der Waals surface area (Å²) in [6.45, 7) is 7.76. The number of amides is 2. The Labute approximate surface area is 205 Å². The number of aryl methyl sites for hydroxylation is 1. The SMILES string of the molecule is Cc1cccc(-n2ccnc2SCC(=O)N2CCN(CC(=O)NCc3ccccc3)CC2)c1C. The quantitative estimate of drug-likeness (QED) is 0.505. The summed E-state index contributed by atoms with van der Waals surface area (Å²) in [5.41, 5.74) is 4.61. The van der Waals surface area contributed by atoms with Gasteiger partial charge in [0.2, 0.25) is 11.8 Å². The second kappa shape index (κ2) is 11.4. The van der Waals surface area contributed by atoms with Crippen LogP contribution in [-0.2, 0) is 16.1 Å². The third kappa shape index (κ3) is 6.07. The Morgan fingerprint density at radius 3 is 2.53 bits per heavy atom. The number of piperazine rings is 1. The molecule has 1 fully saturated rings. The molecule has 1 aliphatic heterocycles. The minimum atomic E-state index is 0.0115. The van der Waals surface area contributed by atoms with Crippen LogP contribution in [0.4, 0.5) is 0 Å². The summed E-state index contributed by atoms with van der Waals surface area (Å²) in [5.74, 6) is 0.463. The molecule has 0 radical (unpaired) electrons. The van der Waals surface area contributed by atoms with Gasteiger partial charge in [-0.1, -0.05) is 54.2 Å². The predicted octanol–water partition coefficient (Wildman–Crippen LogP) is 3.04. The van der Waals surface area contributed by atoms with Gasteiger partial charge in [0.05, 0.1) is 18.0 Å². The minimum absolute atomic E-state index is 0.0115. The maximum Gasteiger partial charge on any atom is 0.234 e. The zero-order chi connectivity index (χ0) is 23.9. The Morgan fingerprint density at radius 1 is 1.00 bits per heavy atom. The normalized spacial score (nSPS) is 14.2. The lowest BCUT2D eigenvalue weighted by Crippen LogP contribution is -2.51. The Bertz CT molecular complexity index is 1120. The fourth-order valence-electron chi connectivity index (χ4n) is 4.00. The van der Waals surface area contributed by atoms with E-state index < -0.39 is 0 Å². The molecule has 34 heavy (non-hydrogen) atoms. The number of hydrogen-bond donors (Lipinski definition) is 1. The molecule has 0 aliphatic carbocycles. The molecule has 0 unspecified atom stereocenters. The van der Waals surface area contributed by atoms with E-state index >= 15 is 0 Å². The molecule has 8 heteroatoms. The van der Waals surface area contributed by atoms with Crippen molar-refractivity contribution in [2.24, 2.45) is 0 Å². The van der Waals surface area contributed by atoms with E-state index in [0.29, 0.717) is 45.0 Å². The summed E-state index contributed by atoms with van der Waals surface area (Å²) in [6, 6.07) is 16.1. The fraction of sp³-hybridized carbons (Fsp3) is 0.346. The van der Waals surface area contributed by atoms with Crippen LogP contribution in [0.3, 0.4) is 0 Å². The molecular weight excluding hydrogens is 446 g/mol. The third-order valence-electron chi connectivity index (χ3n) is 6.19. The molecule has 2 amide bonds. The second-order valence-electron chi connectivity index (χ2n) is 8.51. The van der Waals surface area contributed by atoms with E-state index in [1.54, 1.807) is 6.20 Å². The van der Waals surface area contributed by atoms with E-state index in [1.165, 1.54) is 22.9 Å². The molecule has 0 atom stereocenters. The third-order valence-corrected chi connectivity index (χ3v) is 7.14. The molecule has 1 N–H and O–H groups in total.